The van der Waals surface area contributed by atoms with Crippen LogP contribution in [0.25, 0.3) is 0 Å². The lowest BCUT2D eigenvalue weighted by Gasteiger charge is -2.24. The number of rotatable bonds is 5. The Hall–Kier alpha value is -1.86. The van der Waals surface area contributed by atoms with E-state index in [1.165, 1.54) is 0 Å². The maximum atomic E-state index is 11.3. The van der Waals surface area contributed by atoms with Gasteiger partial charge in [-0.1, -0.05) is 0 Å². The number of nitrogens with zero attached hydrogens (tertiary/aromatic N) is 2. The lowest BCUT2D eigenvalue weighted by molar-refractivity contribution is -0.118. The fourth-order valence-electron chi connectivity index (χ4n) is 2.86. The van der Waals surface area contributed by atoms with E-state index in [1.807, 2.05) is 12.1 Å². The van der Waals surface area contributed by atoms with E-state index in [0.29, 0.717) is 18.0 Å². The molecule has 4 heteroatoms. The van der Waals surface area contributed by atoms with Gasteiger partial charge in [0.1, 0.15) is 11.5 Å². The van der Waals surface area contributed by atoms with E-state index < -0.39 is 0 Å². The minimum Gasteiger partial charge on any atom is -0.496 e. The van der Waals surface area contributed by atoms with Gasteiger partial charge in [0.2, 0.25) is 0 Å². The van der Waals surface area contributed by atoms with Crippen molar-refractivity contribution in [3.05, 3.63) is 29.3 Å². The molecule has 1 heterocycles. The number of hydrogen-bond donors (Lipinski definition) is 0. The fraction of sp³-hybridized carbons (Fsp3) is 0.500. The van der Waals surface area contributed by atoms with Crippen LogP contribution in [0, 0.1) is 11.3 Å². The van der Waals surface area contributed by atoms with E-state index in [9.17, 15) is 4.79 Å². The largest absolute Gasteiger partial charge is 0.496 e. The molecule has 0 amide bonds. The van der Waals surface area contributed by atoms with E-state index in [2.05, 4.69) is 11.0 Å². The smallest absolute Gasteiger partial charge is 0.131 e. The zero-order valence-electron chi connectivity index (χ0n) is 12.1. The normalized spacial score (nSPS) is 18.8. The molecule has 0 bridgehead atoms. The molecule has 0 aromatic heterocycles. The SMILES string of the molecule is COc1ccc(C#N)cc1CN1CCCC1CC(C)=O. The molecule has 4 nitrogen and oxygen atoms in total. The summed E-state index contributed by atoms with van der Waals surface area (Å²) >= 11 is 0. The second-order valence-electron chi connectivity index (χ2n) is 5.31. The maximum absolute atomic E-state index is 11.3. The first-order valence-corrected chi connectivity index (χ1v) is 6.94. The molecule has 1 atom stereocenters. The summed E-state index contributed by atoms with van der Waals surface area (Å²) in [6.07, 6.45) is 2.80. The Morgan fingerprint density at radius 1 is 1.55 bits per heavy atom. The van der Waals surface area contributed by atoms with Crippen molar-refractivity contribution in [2.24, 2.45) is 0 Å². The van der Waals surface area contributed by atoms with Gasteiger partial charge in [-0.15, -0.1) is 0 Å². The Morgan fingerprint density at radius 2 is 2.35 bits per heavy atom. The van der Waals surface area contributed by atoms with Gasteiger partial charge in [-0.3, -0.25) is 9.69 Å². The number of ketones is 1. The molecular weight excluding hydrogens is 252 g/mol. The Kier molecular flexibility index (Phi) is 4.75. The monoisotopic (exact) mass is 272 g/mol. The average molecular weight is 272 g/mol. The van der Waals surface area contributed by atoms with Gasteiger partial charge in [-0.25, -0.2) is 0 Å². The number of Topliss-reactive ketones (excluding diaryl/α,β-unsaturated/α-hetero) is 1. The molecule has 1 aromatic rings. The molecule has 1 aliphatic heterocycles. The van der Waals surface area contributed by atoms with Crippen LogP contribution < -0.4 is 4.74 Å². The highest BCUT2D eigenvalue weighted by Crippen LogP contribution is 2.27. The average Bonchev–Trinajstić information content (AvgIpc) is 2.85. The molecule has 0 radical (unpaired) electrons. The lowest BCUT2D eigenvalue weighted by Crippen LogP contribution is -2.30. The third-order valence-corrected chi connectivity index (χ3v) is 3.81. The molecule has 1 aromatic carbocycles. The lowest BCUT2D eigenvalue weighted by atomic mass is 10.1. The molecule has 0 aliphatic carbocycles. The number of carbonyl (C=O) groups excluding carboxylic acids is 1. The highest BCUT2D eigenvalue weighted by atomic mass is 16.5. The van der Waals surface area contributed by atoms with Crippen molar-refractivity contribution in [3.8, 4) is 11.8 Å². The molecular formula is C16H20N2O2. The minimum absolute atomic E-state index is 0.236. The topological polar surface area (TPSA) is 53.3 Å². The molecule has 0 saturated carbocycles. The molecule has 106 valence electrons. The van der Waals surface area contributed by atoms with Crippen LogP contribution in [0.5, 0.6) is 5.75 Å². The van der Waals surface area contributed by atoms with Crippen molar-refractivity contribution in [2.45, 2.75) is 38.8 Å². The second kappa shape index (κ2) is 6.53. The van der Waals surface area contributed by atoms with Crippen LogP contribution in [-0.4, -0.2) is 30.4 Å². The Balaban J connectivity index is 2.16. The van der Waals surface area contributed by atoms with Crippen LogP contribution >= 0.6 is 0 Å². The first-order valence-electron chi connectivity index (χ1n) is 6.94. The Bertz CT molecular complexity index is 534. The van der Waals surface area contributed by atoms with E-state index in [-0.39, 0.29) is 5.78 Å². The summed E-state index contributed by atoms with van der Waals surface area (Å²) in [5.41, 5.74) is 1.66. The van der Waals surface area contributed by atoms with Crippen LogP contribution in [0.3, 0.4) is 0 Å². The predicted octanol–water partition coefficient (Wildman–Crippen LogP) is 2.51. The van der Waals surface area contributed by atoms with Gasteiger partial charge in [0.25, 0.3) is 0 Å². The second-order valence-corrected chi connectivity index (χ2v) is 5.31. The van der Waals surface area contributed by atoms with Crippen LogP contribution in [0.4, 0.5) is 0 Å². The molecule has 1 fully saturated rings. The Labute approximate surface area is 120 Å². The number of hydrogen-bond acceptors (Lipinski definition) is 4. The van der Waals surface area contributed by atoms with Gasteiger partial charge in [0.05, 0.1) is 18.7 Å². The number of carbonyl (C=O) groups is 1. The van der Waals surface area contributed by atoms with Crippen molar-refractivity contribution in [1.29, 1.82) is 5.26 Å². The van der Waals surface area contributed by atoms with E-state index in [1.54, 1.807) is 20.1 Å². The van der Waals surface area contributed by atoms with Gasteiger partial charge < -0.3 is 4.74 Å². The third kappa shape index (κ3) is 3.37. The standard InChI is InChI=1S/C16H20N2O2/c1-12(19)8-15-4-3-7-18(15)11-14-9-13(10-17)5-6-16(14)20-2/h5-6,9,15H,3-4,7-8,11H2,1-2H3. The molecule has 2 rings (SSSR count). The van der Waals surface area contributed by atoms with Crippen molar-refractivity contribution < 1.29 is 9.53 Å². The highest BCUT2D eigenvalue weighted by molar-refractivity contribution is 5.76. The van der Waals surface area contributed by atoms with Gasteiger partial charge in [-0.2, -0.15) is 5.26 Å². The fourth-order valence-corrected chi connectivity index (χ4v) is 2.86. The summed E-state index contributed by atoms with van der Waals surface area (Å²) in [6, 6.07) is 7.96. The molecule has 20 heavy (non-hydrogen) atoms. The zero-order chi connectivity index (χ0) is 14.5. The third-order valence-electron chi connectivity index (χ3n) is 3.81. The molecule has 1 aliphatic rings. The van der Waals surface area contributed by atoms with Crippen LogP contribution in [0.2, 0.25) is 0 Å². The zero-order valence-corrected chi connectivity index (χ0v) is 12.1. The first kappa shape index (κ1) is 14.5. The molecule has 0 spiro atoms. The first-order chi connectivity index (χ1) is 9.63. The summed E-state index contributed by atoms with van der Waals surface area (Å²) in [6.45, 7) is 3.38. The quantitative estimate of drug-likeness (QED) is 0.826. The van der Waals surface area contributed by atoms with Crippen LogP contribution in [0.1, 0.15) is 37.3 Å². The van der Waals surface area contributed by atoms with Crippen molar-refractivity contribution in [3.63, 3.8) is 0 Å². The predicted molar refractivity (Wildman–Crippen MR) is 76.4 cm³/mol. The summed E-state index contributed by atoms with van der Waals surface area (Å²) in [5.74, 6) is 1.04. The van der Waals surface area contributed by atoms with Gasteiger partial charge in [0.15, 0.2) is 0 Å². The molecule has 1 saturated heterocycles. The molecule has 1 unspecified atom stereocenters. The van der Waals surface area contributed by atoms with Gasteiger partial charge >= 0.3 is 0 Å². The maximum Gasteiger partial charge on any atom is 0.131 e. The van der Waals surface area contributed by atoms with Crippen molar-refractivity contribution >= 4 is 5.78 Å². The van der Waals surface area contributed by atoms with Crippen LogP contribution in [0.15, 0.2) is 18.2 Å². The summed E-state index contributed by atoms with van der Waals surface area (Å²) in [5, 5.41) is 9.01. The van der Waals surface area contributed by atoms with Gasteiger partial charge in [-0.05, 0) is 44.5 Å². The van der Waals surface area contributed by atoms with E-state index >= 15 is 0 Å². The van der Waals surface area contributed by atoms with E-state index in [4.69, 9.17) is 10.00 Å². The highest BCUT2D eigenvalue weighted by Gasteiger charge is 2.26. The van der Waals surface area contributed by atoms with Crippen molar-refractivity contribution in [2.75, 3.05) is 13.7 Å². The number of likely N-dealkylation sites (tertiary alicyclic amines) is 1. The minimum atomic E-state index is 0.236. The molecule has 0 N–H and O–H groups in total. The number of benzene rings is 1. The van der Waals surface area contributed by atoms with Crippen LogP contribution in [-0.2, 0) is 11.3 Å². The van der Waals surface area contributed by atoms with Gasteiger partial charge in [0, 0.05) is 24.6 Å². The number of ether oxygens (including phenoxy) is 1. The number of nitriles is 1. The number of methoxy groups -OCH3 is 1. The Morgan fingerprint density at radius 3 is 3.00 bits per heavy atom. The van der Waals surface area contributed by atoms with E-state index in [0.717, 1.165) is 37.2 Å². The van der Waals surface area contributed by atoms with Crippen molar-refractivity contribution in [1.82, 2.24) is 4.90 Å². The summed E-state index contributed by atoms with van der Waals surface area (Å²) in [7, 11) is 1.64. The summed E-state index contributed by atoms with van der Waals surface area (Å²) < 4.78 is 5.37. The summed E-state index contributed by atoms with van der Waals surface area (Å²) in [4.78, 5) is 13.6.